The van der Waals surface area contributed by atoms with Crippen molar-refractivity contribution >= 4 is 11.8 Å². The molecule has 7 heteroatoms. The first-order valence-electron chi connectivity index (χ1n) is 7.89. The molecule has 3 rings (SSSR count). The van der Waals surface area contributed by atoms with Crippen molar-refractivity contribution in [2.24, 2.45) is 5.92 Å². The van der Waals surface area contributed by atoms with E-state index in [1.165, 1.54) is 12.1 Å². The number of amides is 2. The van der Waals surface area contributed by atoms with Crippen molar-refractivity contribution in [3.8, 4) is 0 Å². The first kappa shape index (κ1) is 16.8. The van der Waals surface area contributed by atoms with E-state index in [1.807, 2.05) is 0 Å². The van der Waals surface area contributed by atoms with Crippen LogP contribution in [0.4, 0.5) is 13.2 Å². The molecular weight excluding hydrogens is 321 g/mol. The maximum Gasteiger partial charge on any atom is 0.416 e. The molecular formula is C17H19F3N2O2. The molecule has 2 fully saturated rings. The average Bonchev–Trinajstić information content (AvgIpc) is 3.29. The van der Waals surface area contributed by atoms with E-state index in [4.69, 9.17) is 0 Å². The van der Waals surface area contributed by atoms with Gasteiger partial charge in [0.2, 0.25) is 11.8 Å². The second-order valence-electron chi connectivity index (χ2n) is 6.87. The van der Waals surface area contributed by atoms with Crippen LogP contribution >= 0.6 is 0 Å². The van der Waals surface area contributed by atoms with Gasteiger partial charge in [0, 0.05) is 19.0 Å². The Morgan fingerprint density at radius 2 is 1.88 bits per heavy atom. The van der Waals surface area contributed by atoms with E-state index >= 15 is 0 Å². The monoisotopic (exact) mass is 340 g/mol. The fourth-order valence-corrected chi connectivity index (χ4v) is 3.24. The van der Waals surface area contributed by atoms with Crippen molar-refractivity contribution in [3.05, 3.63) is 35.4 Å². The first-order chi connectivity index (χ1) is 11.1. The lowest BCUT2D eigenvalue weighted by Gasteiger charge is -2.41. The van der Waals surface area contributed by atoms with Gasteiger partial charge in [0.05, 0.1) is 5.56 Å². The highest BCUT2D eigenvalue weighted by molar-refractivity contribution is 5.93. The summed E-state index contributed by atoms with van der Waals surface area (Å²) in [7, 11) is 0. The summed E-state index contributed by atoms with van der Waals surface area (Å²) in [5, 5.41) is 2.74. The summed E-state index contributed by atoms with van der Waals surface area (Å²) in [6.45, 7) is 4.28. The fraction of sp³-hybridized carbons (Fsp3) is 0.529. The van der Waals surface area contributed by atoms with Crippen molar-refractivity contribution in [1.82, 2.24) is 10.2 Å². The second kappa shape index (κ2) is 5.50. The molecule has 0 bridgehead atoms. The summed E-state index contributed by atoms with van der Waals surface area (Å²) in [4.78, 5) is 26.2. The number of hydrogen-bond donors (Lipinski definition) is 1. The van der Waals surface area contributed by atoms with Gasteiger partial charge in [0.25, 0.3) is 0 Å². The number of carbonyl (C=O) groups excluding carboxylic acids is 2. The standard InChI is InChI=1S/C17H19F3N2O2/c1-16(2)15(24)21-7-8-22(16)14(23)13-9-12(13)10-3-5-11(6-4-10)17(18,19)20/h3-6,12-13H,7-9H2,1-2H3,(H,21,24)/t12-,13-/m0/s1. The highest BCUT2D eigenvalue weighted by Crippen LogP contribution is 2.49. The molecule has 0 radical (unpaired) electrons. The van der Waals surface area contributed by atoms with Crippen LogP contribution in [0.2, 0.25) is 0 Å². The fourth-order valence-electron chi connectivity index (χ4n) is 3.24. The molecule has 0 aromatic heterocycles. The van der Waals surface area contributed by atoms with E-state index in [1.54, 1.807) is 18.7 Å². The molecule has 1 saturated carbocycles. The summed E-state index contributed by atoms with van der Waals surface area (Å²) in [5.41, 5.74) is -0.855. The molecule has 24 heavy (non-hydrogen) atoms. The summed E-state index contributed by atoms with van der Waals surface area (Å²) in [6, 6.07) is 4.98. The Kier molecular flexibility index (Phi) is 3.85. The van der Waals surface area contributed by atoms with Gasteiger partial charge < -0.3 is 10.2 Å². The lowest BCUT2D eigenvalue weighted by Crippen LogP contribution is -2.63. The zero-order valence-corrected chi connectivity index (χ0v) is 13.5. The van der Waals surface area contributed by atoms with Gasteiger partial charge in [-0.15, -0.1) is 0 Å². The Morgan fingerprint density at radius 1 is 1.25 bits per heavy atom. The zero-order valence-electron chi connectivity index (χ0n) is 13.5. The molecule has 1 aliphatic heterocycles. The lowest BCUT2D eigenvalue weighted by atomic mass is 9.97. The molecule has 1 N–H and O–H groups in total. The molecule has 1 saturated heterocycles. The van der Waals surface area contributed by atoms with Crippen molar-refractivity contribution in [2.75, 3.05) is 13.1 Å². The smallest absolute Gasteiger partial charge is 0.352 e. The first-order valence-corrected chi connectivity index (χ1v) is 7.89. The van der Waals surface area contributed by atoms with Gasteiger partial charge in [-0.2, -0.15) is 13.2 Å². The molecule has 4 nitrogen and oxygen atoms in total. The van der Waals surface area contributed by atoms with E-state index in [-0.39, 0.29) is 23.7 Å². The molecule has 0 spiro atoms. The number of halogens is 3. The molecule has 1 aromatic rings. The third-order valence-electron chi connectivity index (χ3n) is 4.89. The zero-order chi connectivity index (χ0) is 17.7. The maximum atomic E-state index is 12.7. The van der Waals surface area contributed by atoms with E-state index in [0.29, 0.717) is 19.5 Å². The third kappa shape index (κ3) is 2.87. The highest BCUT2D eigenvalue weighted by atomic mass is 19.4. The normalized spacial score (nSPS) is 26.0. The van der Waals surface area contributed by atoms with Crippen molar-refractivity contribution in [2.45, 2.75) is 37.9 Å². The minimum absolute atomic E-state index is 0.0689. The van der Waals surface area contributed by atoms with Crippen molar-refractivity contribution in [3.63, 3.8) is 0 Å². The van der Waals surface area contributed by atoms with Gasteiger partial charge in [-0.05, 0) is 43.9 Å². The Morgan fingerprint density at radius 3 is 2.46 bits per heavy atom. The number of rotatable bonds is 2. The van der Waals surface area contributed by atoms with Crippen LogP contribution in [0.5, 0.6) is 0 Å². The third-order valence-corrected chi connectivity index (χ3v) is 4.89. The molecule has 2 amide bonds. The van der Waals surface area contributed by atoms with E-state index in [9.17, 15) is 22.8 Å². The molecule has 1 heterocycles. The number of piperazine rings is 1. The molecule has 2 aliphatic rings. The lowest BCUT2D eigenvalue weighted by molar-refractivity contribution is -0.150. The molecule has 1 aromatic carbocycles. The minimum Gasteiger partial charge on any atom is -0.352 e. The Bertz CT molecular complexity index is 667. The summed E-state index contributed by atoms with van der Waals surface area (Å²) in [6.07, 6.45) is -3.75. The van der Waals surface area contributed by atoms with Crippen LogP contribution < -0.4 is 5.32 Å². The molecule has 0 unspecified atom stereocenters. The second-order valence-corrected chi connectivity index (χ2v) is 6.87. The van der Waals surface area contributed by atoms with Crippen LogP contribution in [0.25, 0.3) is 0 Å². The number of nitrogens with zero attached hydrogens (tertiary/aromatic N) is 1. The average molecular weight is 340 g/mol. The van der Waals surface area contributed by atoms with Crippen LogP contribution in [-0.4, -0.2) is 35.3 Å². The van der Waals surface area contributed by atoms with Crippen LogP contribution in [0.1, 0.15) is 37.3 Å². The maximum absolute atomic E-state index is 12.7. The van der Waals surface area contributed by atoms with Gasteiger partial charge in [-0.1, -0.05) is 12.1 Å². The highest BCUT2D eigenvalue weighted by Gasteiger charge is 2.50. The van der Waals surface area contributed by atoms with Gasteiger partial charge in [-0.3, -0.25) is 9.59 Å². The SMILES string of the molecule is CC1(C)C(=O)NCCN1C(=O)[C@H]1C[C@H]1c1ccc(C(F)(F)F)cc1. The number of alkyl halides is 3. The minimum atomic E-state index is -4.36. The van der Waals surface area contributed by atoms with Gasteiger partial charge in [-0.25, -0.2) is 0 Å². The van der Waals surface area contributed by atoms with E-state index < -0.39 is 17.3 Å². The predicted octanol–water partition coefficient (Wildman–Crippen LogP) is 2.55. The van der Waals surface area contributed by atoms with E-state index in [2.05, 4.69) is 5.32 Å². The Labute approximate surface area is 138 Å². The molecule has 130 valence electrons. The topological polar surface area (TPSA) is 49.4 Å². The Balaban J connectivity index is 1.71. The van der Waals surface area contributed by atoms with Crippen LogP contribution in [0.3, 0.4) is 0 Å². The number of hydrogen-bond acceptors (Lipinski definition) is 2. The van der Waals surface area contributed by atoms with Crippen LogP contribution in [0, 0.1) is 5.92 Å². The summed E-state index contributed by atoms with van der Waals surface area (Å²) >= 11 is 0. The van der Waals surface area contributed by atoms with Crippen LogP contribution in [0.15, 0.2) is 24.3 Å². The van der Waals surface area contributed by atoms with Gasteiger partial charge >= 0.3 is 6.18 Å². The molecule has 2 atom stereocenters. The summed E-state index contributed by atoms with van der Waals surface area (Å²) in [5.74, 6) is -0.610. The van der Waals surface area contributed by atoms with Crippen LogP contribution in [-0.2, 0) is 15.8 Å². The van der Waals surface area contributed by atoms with E-state index in [0.717, 1.165) is 17.7 Å². The van der Waals surface area contributed by atoms with Crippen molar-refractivity contribution < 1.29 is 22.8 Å². The number of nitrogens with one attached hydrogen (secondary N) is 1. The number of benzene rings is 1. The Hall–Kier alpha value is -2.05. The predicted molar refractivity (Wildman–Crippen MR) is 81.1 cm³/mol. The van der Waals surface area contributed by atoms with Crippen molar-refractivity contribution in [1.29, 1.82) is 0 Å². The van der Waals surface area contributed by atoms with Gasteiger partial charge in [0.1, 0.15) is 5.54 Å². The number of carbonyl (C=O) groups is 2. The summed E-state index contributed by atoms with van der Waals surface area (Å²) < 4.78 is 37.8. The quantitative estimate of drug-likeness (QED) is 0.899. The largest absolute Gasteiger partial charge is 0.416 e. The van der Waals surface area contributed by atoms with Gasteiger partial charge in [0.15, 0.2) is 0 Å². The molecule has 1 aliphatic carbocycles.